The van der Waals surface area contributed by atoms with Crippen molar-refractivity contribution in [3.8, 4) is 0 Å². The Hall–Kier alpha value is -2.99. The van der Waals surface area contributed by atoms with Gasteiger partial charge in [-0.2, -0.15) is 0 Å². The number of amides is 2. The number of carbonyl (C=O) groups is 2. The molecule has 0 saturated heterocycles. The molecule has 166 valence electrons. The summed E-state index contributed by atoms with van der Waals surface area (Å²) in [6.45, 7) is 4.90. The van der Waals surface area contributed by atoms with Crippen molar-refractivity contribution in [3.63, 3.8) is 0 Å². The standard InChI is InChI=1S/C26H27FN2O2S/c1-18-3-7-21(8-4-18)26(31)29(23-11-12-23)17-25(30)28(16-24-19(2)13-14-32-24)15-20-5-9-22(27)10-6-20/h3-10,13-14,23H,11-12,15-17H2,1-2H3. The van der Waals surface area contributed by atoms with E-state index in [1.54, 1.807) is 33.3 Å². The van der Waals surface area contributed by atoms with Crippen LogP contribution in [0.25, 0.3) is 0 Å². The number of hydrogen-bond acceptors (Lipinski definition) is 3. The highest BCUT2D eigenvalue weighted by atomic mass is 32.1. The molecule has 6 heteroatoms. The van der Waals surface area contributed by atoms with Gasteiger partial charge in [-0.15, -0.1) is 11.3 Å². The molecule has 1 fully saturated rings. The van der Waals surface area contributed by atoms with E-state index in [1.807, 2.05) is 49.6 Å². The Morgan fingerprint density at radius 1 is 0.969 bits per heavy atom. The molecular formula is C26H27FN2O2S. The minimum atomic E-state index is -0.302. The topological polar surface area (TPSA) is 40.6 Å². The number of aryl methyl sites for hydroxylation is 2. The molecule has 0 N–H and O–H groups in total. The number of rotatable bonds is 8. The number of hydrogen-bond donors (Lipinski definition) is 0. The van der Waals surface area contributed by atoms with Crippen LogP contribution in [0, 0.1) is 19.7 Å². The number of thiophene rings is 1. The van der Waals surface area contributed by atoms with E-state index in [0.717, 1.165) is 34.4 Å². The van der Waals surface area contributed by atoms with Gasteiger partial charge in [-0.05, 0) is 73.5 Å². The SMILES string of the molecule is Cc1ccc(C(=O)N(CC(=O)N(Cc2ccc(F)cc2)Cc2sccc2C)C2CC2)cc1. The van der Waals surface area contributed by atoms with E-state index in [0.29, 0.717) is 18.7 Å². The molecule has 1 saturated carbocycles. The smallest absolute Gasteiger partial charge is 0.254 e. The Morgan fingerprint density at radius 2 is 1.66 bits per heavy atom. The summed E-state index contributed by atoms with van der Waals surface area (Å²) in [7, 11) is 0. The highest BCUT2D eigenvalue weighted by Gasteiger charge is 2.35. The van der Waals surface area contributed by atoms with Gasteiger partial charge in [0.15, 0.2) is 0 Å². The monoisotopic (exact) mass is 450 g/mol. The van der Waals surface area contributed by atoms with Crippen molar-refractivity contribution < 1.29 is 14.0 Å². The van der Waals surface area contributed by atoms with E-state index in [2.05, 4.69) is 0 Å². The summed E-state index contributed by atoms with van der Waals surface area (Å²) < 4.78 is 13.4. The zero-order chi connectivity index (χ0) is 22.7. The molecular weight excluding hydrogens is 423 g/mol. The fourth-order valence-electron chi connectivity index (χ4n) is 3.64. The maximum atomic E-state index is 13.4. The second-order valence-corrected chi connectivity index (χ2v) is 9.43. The van der Waals surface area contributed by atoms with Gasteiger partial charge in [-0.3, -0.25) is 9.59 Å². The summed E-state index contributed by atoms with van der Waals surface area (Å²) in [5.74, 6) is -0.506. The first kappa shape index (κ1) is 22.2. The molecule has 1 aliphatic carbocycles. The molecule has 32 heavy (non-hydrogen) atoms. The van der Waals surface area contributed by atoms with Crippen LogP contribution in [0.3, 0.4) is 0 Å². The zero-order valence-corrected chi connectivity index (χ0v) is 19.2. The predicted molar refractivity (Wildman–Crippen MR) is 125 cm³/mol. The third kappa shape index (κ3) is 5.43. The van der Waals surface area contributed by atoms with E-state index in [1.165, 1.54) is 12.1 Å². The highest BCUT2D eigenvalue weighted by molar-refractivity contribution is 7.10. The number of halogens is 1. The van der Waals surface area contributed by atoms with Crippen LogP contribution in [0.5, 0.6) is 0 Å². The molecule has 3 aromatic rings. The lowest BCUT2D eigenvalue weighted by atomic mass is 10.1. The quantitative estimate of drug-likeness (QED) is 0.465. The average Bonchev–Trinajstić information content (AvgIpc) is 3.55. The van der Waals surface area contributed by atoms with Gasteiger partial charge in [0.1, 0.15) is 12.4 Å². The molecule has 1 heterocycles. The third-order valence-corrected chi connectivity index (χ3v) is 6.80. The van der Waals surface area contributed by atoms with Gasteiger partial charge in [0.05, 0.1) is 6.54 Å². The third-order valence-electron chi connectivity index (χ3n) is 5.79. The van der Waals surface area contributed by atoms with E-state index >= 15 is 0 Å². The van der Waals surface area contributed by atoms with Gasteiger partial charge in [0, 0.05) is 23.0 Å². The van der Waals surface area contributed by atoms with Gasteiger partial charge in [-0.1, -0.05) is 29.8 Å². The van der Waals surface area contributed by atoms with Gasteiger partial charge < -0.3 is 9.80 Å². The maximum absolute atomic E-state index is 13.4. The first-order valence-corrected chi connectivity index (χ1v) is 11.7. The summed E-state index contributed by atoms with van der Waals surface area (Å²) in [4.78, 5) is 31.2. The number of nitrogens with zero attached hydrogens (tertiary/aromatic N) is 2. The second kappa shape index (κ2) is 9.65. The lowest BCUT2D eigenvalue weighted by molar-refractivity contribution is -0.133. The van der Waals surface area contributed by atoms with E-state index in [-0.39, 0.29) is 30.2 Å². The molecule has 1 aromatic heterocycles. The van der Waals surface area contributed by atoms with Crippen LogP contribution in [0.2, 0.25) is 0 Å². The largest absolute Gasteiger partial charge is 0.332 e. The molecule has 1 aliphatic rings. The maximum Gasteiger partial charge on any atom is 0.254 e. The van der Waals surface area contributed by atoms with Gasteiger partial charge >= 0.3 is 0 Å². The van der Waals surface area contributed by atoms with Gasteiger partial charge in [0.2, 0.25) is 5.91 Å². The molecule has 0 atom stereocenters. The van der Waals surface area contributed by atoms with Crippen molar-refractivity contribution in [3.05, 3.63) is 92.9 Å². The number of benzene rings is 2. The van der Waals surface area contributed by atoms with Crippen LogP contribution in [0.1, 0.15) is 44.8 Å². The Bertz CT molecular complexity index is 1090. The molecule has 4 nitrogen and oxygen atoms in total. The van der Waals surface area contributed by atoms with Crippen LogP contribution in [0.15, 0.2) is 60.0 Å². The molecule has 2 amide bonds. The fourth-order valence-corrected chi connectivity index (χ4v) is 4.56. The predicted octanol–water partition coefficient (Wildman–Crippen LogP) is 5.34. The van der Waals surface area contributed by atoms with Crippen LogP contribution in [0.4, 0.5) is 4.39 Å². The molecule has 0 aliphatic heterocycles. The van der Waals surface area contributed by atoms with Crippen LogP contribution < -0.4 is 0 Å². The molecule has 2 aromatic carbocycles. The first-order valence-electron chi connectivity index (χ1n) is 10.8. The van der Waals surface area contributed by atoms with Gasteiger partial charge in [-0.25, -0.2) is 4.39 Å². The Balaban J connectivity index is 1.54. The lowest BCUT2D eigenvalue weighted by Crippen LogP contribution is -2.43. The minimum Gasteiger partial charge on any atom is -0.332 e. The van der Waals surface area contributed by atoms with E-state index < -0.39 is 0 Å². The zero-order valence-electron chi connectivity index (χ0n) is 18.4. The summed E-state index contributed by atoms with van der Waals surface area (Å²) in [5, 5.41) is 2.02. The molecule has 4 rings (SSSR count). The van der Waals surface area contributed by atoms with Gasteiger partial charge in [0.25, 0.3) is 5.91 Å². The van der Waals surface area contributed by atoms with Crippen LogP contribution >= 0.6 is 11.3 Å². The van der Waals surface area contributed by atoms with Crippen molar-refractivity contribution in [1.82, 2.24) is 9.80 Å². The van der Waals surface area contributed by atoms with Crippen LogP contribution in [-0.4, -0.2) is 34.2 Å². The molecule has 0 unspecified atom stereocenters. The average molecular weight is 451 g/mol. The van der Waals surface area contributed by atoms with Crippen molar-refractivity contribution in [2.45, 2.75) is 45.8 Å². The van der Waals surface area contributed by atoms with Crippen molar-refractivity contribution in [2.24, 2.45) is 0 Å². The van der Waals surface area contributed by atoms with E-state index in [4.69, 9.17) is 0 Å². The highest BCUT2D eigenvalue weighted by Crippen LogP contribution is 2.29. The summed E-state index contributed by atoms with van der Waals surface area (Å²) in [6.07, 6.45) is 1.85. The molecule has 0 radical (unpaired) electrons. The fraction of sp³-hybridized carbons (Fsp3) is 0.308. The summed E-state index contributed by atoms with van der Waals surface area (Å²) >= 11 is 1.62. The second-order valence-electron chi connectivity index (χ2n) is 8.43. The van der Waals surface area contributed by atoms with Crippen molar-refractivity contribution in [2.75, 3.05) is 6.54 Å². The van der Waals surface area contributed by atoms with Crippen molar-refractivity contribution in [1.29, 1.82) is 0 Å². The first-order chi connectivity index (χ1) is 15.4. The lowest BCUT2D eigenvalue weighted by Gasteiger charge is -2.28. The number of carbonyl (C=O) groups excluding carboxylic acids is 2. The normalized spacial score (nSPS) is 13.1. The summed E-state index contributed by atoms with van der Waals surface area (Å²) in [5.41, 5.74) is 3.69. The Labute approximate surface area is 192 Å². The Morgan fingerprint density at radius 3 is 2.25 bits per heavy atom. The summed E-state index contributed by atoms with van der Waals surface area (Å²) in [6, 6.07) is 15.9. The molecule has 0 bridgehead atoms. The van der Waals surface area contributed by atoms with Crippen LogP contribution in [-0.2, 0) is 17.9 Å². The van der Waals surface area contributed by atoms with E-state index in [9.17, 15) is 14.0 Å². The Kier molecular flexibility index (Phi) is 6.70. The minimum absolute atomic E-state index is 0.0446. The van der Waals surface area contributed by atoms with Crippen molar-refractivity contribution >= 4 is 23.2 Å². The molecule has 0 spiro atoms.